The van der Waals surface area contributed by atoms with Crippen LogP contribution in [0.2, 0.25) is 0 Å². The number of aliphatic hydroxyl groups is 1. The molecular formula is C16H22F2O4. The molecule has 22 heavy (non-hydrogen) atoms. The van der Waals surface area contributed by atoms with E-state index in [4.69, 9.17) is 4.74 Å². The molecule has 1 aromatic rings. The lowest BCUT2D eigenvalue weighted by atomic mass is 9.96. The number of ether oxygens (including phenoxy) is 2. The van der Waals surface area contributed by atoms with Gasteiger partial charge in [-0.2, -0.15) is 0 Å². The van der Waals surface area contributed by atoms with E-state index < -0.39 is 24.4 Å². The molecule has 1 rings (SSSR count). The standard InChI is InChI=1S/C16H22F2O4/c1-3-5-10-22-12-8-6-11(7-9-12)14(19)13(15(17)18)16(20)21-4-2/h6-9,13-15,19H,3-5,10H2,1-2H3. The lowest BCUT2D eigenvalue weighted by molar-refractivity contribution is -0.160. The van der Waals surface area contributed by atoms with E-state index in [9.17, 15) is 18.7 Å². The molecule has 1 N–H and O–H groups in total. The van der Waals surface area contributed by atoms with E-state index in [2.05, 4.69) is 4.74 Å². The van der Waals surface area contributed by atoms with Crippen molar-refractivity contribution in [3.63, 3.8) is 0 Å². The Hall–Kier alpha value is -1.69. The van der Waals surface area contributed by atoms with Crippen LogP contribution in [0.15, 0.2) is 24.3 Å². The quantitative estimate of drug-likeness (QED) is 0.561. The zero-order chi connectivity index (χ0) is 16.5. The summed E-state index contributed by atoms with van der Waals surface area (Å²) in [6.07, 6.45) is -2.70. The van der Waals surface area contributed by atoms with Crippen LogP contribution >= 0.6 is 0 Å². The summed E-state index contributed by atoms with van der Waals surface area (Å²) in [7, 11) is 0. The van der Waals surface area contributed by atoms with Gasteiger partial charge < -0.3 is 14.6 Å². The van der Waals surface area contributed by atoms with Crippen LogP contribution in [0.5, 0.6) is 5.75 Å². The summed E-state index contributed by atoms with van der Waals surface area (Å²) in [5, 5.41) is 10.0. The number of unbranched alkanes of at least 4 members (excludes halogenated alkanes) is 1. The number of hydrogen-bond donors (Lipinski definition) is 1. The van der Waals surface area contributed by atoms with Crippen LogP contribution in [-0.2, 0) is 9.53 Å². The Balaban J connectivity index is 2.77. The van der Waals surface area contributed by atoms with Gasteiger partial charge in [0.15, 0.2) is 0 Å². The van der Waals surface area contributed by atoms with Crippen molar-refractivity contribution in [2.75, 3.05) is 13.2 Å². The number of esters is 1. The van der Waals surface area contributed by atoms with E-state index in [-0.39, 0.29) is 12.2 Å². The second-order valence-corrected chi connectivity index (χ2v) is 4.83. The van der Waals surface area contributed by atoms with Gasteiger partial charge in [-0.05, 0) is 31.0 Å². The van der Waals surface area contributed by atoms with E-state index in [1.54, 1.807) is 12.1 Å². The largest absolute Gasteiger partial charge is 0.494 e. The first-order chi connectivity index (χ1) is 10.5. The van der Waals surface area contributed by atoms with Crippen LogP contribution in [0, 0.1) is 5.92 Å². The highest BCUT2D eigenvalue weighted by atomic mass is 19.3. The molecule has 2 unspecified atom stereocenters. The van der Waals surface area contributed by atoms with Crippen LogP contribution in [0.3, 0.4) is 0 Å². The number of aliphatic hydroxyl groups excluding tert-OH is 1. The van der Waals surface area contributed by atoms with Crippen molar-refractivity contribution in [3.8, 4) is 5.75 Å². The predicted octanol–water partition coefficient (Wildman–Crippen LogP) is 3.34. The minimum atomic E-state index is -3.01. The van der Waals surface area contributed by atoms with Crippen molar-refractivity contribution < 1.29 is 28.2 Å². The second-order valence-electron chi connectivity index (χ2n) is 4.83. The third kappa shape index (κ3) is 5.26. The maximum atomic E-state index is 13.0. The van der Waals surface area contributed by atoms with Gasteiger partial charge in [0.2, 0.25) is 0 Å². The Labute approximate surface area is 129 Å². The summed E-state index contributed by atoms with van der Waals surface area (Å²) in [6, 6.07) is 6.12. The molecule has 0 heterocycles. The van der Waals surface area contributed by atoms with Gasteiger partial charge in [0.05, 0.1) is 19.3 Å². The van der Waals surface area contributed by atoms with Gasteiger partial charge in [-0.1, -0.05) is 25.5 Å². The summed E-state index contributed by atoms with van der Waals surface area (Å²) in [5.41, 5.74) is 0.223. The molecule has 0 spiro atoms. The highest BCUT2D eigenvalue weighted by Gasteiger charge is 2.37. The van der Waals surface area contributed by atoms with Crippen LogP contribution in [0.1, 0.15) is 38.4 Å². The van der Waals surface area contributed by atoms with Crippen molar-refractivity contribution in [1.29, 1.82) is 0 Å². The van der Waals surface area contributed by atoms with Crippen molar-refractivity contribution in [2.45, 2.75) is 39.2 Å². The first-order valence-electron chi connectivity index (χ1n) is 7.36. The summed E-state index contributed by atoms with van der Waals surface area (Å²) >= 11 is 0. The SMILES string of the molecule is CCCCOc1ccc(C(O)C(C(=O)OCC)C(F)F)cc1. The van der Waals surface area contributed by atoms with Crippen LogP contribution in [0.4, 0.5) is 8.78 Å². The maximum Gasteiger partial charge on any atom is 0.317 e. The first-order valence-corrected chi connectivity index (χ1v) is 7.36. The molecule has 1 aromatic carbocycles. The van der Waals surface area contributed by atoms with Crippen LogP contribution < -0.4 is 4.74 Å². The molecule has 0 fully saturated rings. The summed E-state index contributed by atoms with van der Waals surface area (Å²) in [5.74, 6) is -2.41. The third-order valence-corrected chi connectivity index (χ3v) is 3.16. The normalized spacial score (nSPS) is 13.7. The third-order valence-electron chi connectivity index (χ3n) is 3.16. The Morgan fingerprint density at radius 1 is 1.23 bits per heavy atom. The molecule has 0 saturated carbocycles. The number of rotatable bonds is 9. The fraction of sp³-hybridized carbons (Fsp3) is 0.562. The molecule has 0 aliphatic heterocycles. The molecule has 0 amide bonds. The topological polar surface area (TPSA) is 55.8 Å². The lowest BCUT2D eigenvalue weighted by Crippen LogP contribution is -2.30. The lowest BCUT2D eigenvalue weighted by Gasteiger charge is -2.21. The fourth-order valence-electron chi connectivity index (χ4n) is 1.91. The van der Waals surface area contributed by atoms with Crippen molar-refractivity contribution in [3.05, 3.63) is 29.8 Å². The van der Waals surface area contributed by atoms with Gasteiger partial charge >= 0.3 is 5.97 Å². The van der Waals surface area contributed by atoms with E-state index in [1.165, 1.54) is 19.1 Å². The van der Waals surface area contributed by atoms with Crippen molar-refractivity contribution in [1.82, 2.24) is 0 Å². The number of alkyl halides is 2. The highest BCUT2D eigenvalue weighted by molar-refractivity contribution is 5.74. The molecule has 2 atom stereocenters. The molecule has 0 saturated heterocycles. The molecular weight excluding hydrogens is 294 g/mol. The van der Waals surface area contributed by atoms with Crippen LogP contribution in [0.25, 0.3) is 0 Å². The second kappa shape index (κ2) is 9.35. The average Bonchev–Trinajstić information content (AvgIpc) is 2.48. The fourth-order valence-corrected chi connectivity index (χ4v) is 1.91. The molecule has 0 aliphatic carbocycles. The monoisotopic (exact) mass is 316 g/mol. The molecule has 0 radical (unpaired) electrons. The van der Waals surface area contributed by atoms with E-state index >= 15 is 0 Å². The number of carbonyl (C=O) groups is 1. The number of hydrogen-bond acceptors (Lipinski definition) is 4. The summed E-state index contributed by atoms with van der Waals surface area (Å²) < 4.78 is 36.1. The van der Waals surface area contributed by atoms with Gasteiger partial charge in [-0.15, -0.1) is 0 Å². The van der Waals surface area contributed by atoms with Crippen molar-refractivity contribution >= 4 is 5.97 Å². The Bertz CT molecular complexity index is 448. The summed E-state index contributed by atoms with van der Waals surface area (Å²) in [4.78, 5) is 11.6. The smallest absolute Gasteiger partial charge is 0.317 e. The summed E-state index contributed by atoms with van der Waals surface area (Å²) in [6.45, 7) is 4.12. The molecule has 0 bridgehead atoms. The van der Waals surface area contributed by atoms with Gasteiger partial charge in [0, 0.05) is 0 Å². The zero-order valence-electron chi connectivity index (χ0n) is 12.8. The molecule has 0 aliphatic rings. The highest BCUT2D eigenvalue weighted by Crippen LogP contribution is 2.29. The Kier molecular flexibility index (Phi) is 7.80. The first kappa shape index (κ1) is 18.4. The minimum absolute atomic E-state index is 0.0149. The predicted molar refractivity (Wildman–Crippen MR) is 77.9 cm³/mol. The molecule has 6 heteroatoms. The molecule has 124 valence electrons. The zero-order valence-corrected chi connectivity index (χ0v) is 12.8. The minimum Gasteiger partial charge on any atom is -0.494 e. The van der Waals surface area contributed by atoms with Crippen molar-refractivity contribution in [2.24, 2.45) is 5.92 Å². The number of carbonyl (C=O) groups excluding carboxylic acids is 1. The molecule has 0 aromatic heterocycles. The number of halogens is 2. The Morgan fingerprint density at radius 3 is 2.36 bits per heavy atom. The van der Waals surface area contributed by atoms with E-state index in [1.807, 2.05) is 6.92 Å². The van der Waals surface area contributed by atoms with Crippen LogP contribution in [-0.4, -0.2) is 30.7 Å². The van der Waals surface area contributed by atoms with Gasteiger partial charge in [-0.3, -0.25) is 4.79 Å². The van der Waals surface area contributed by atoms with Gasteiger partial charge in [-0.25, -0.2) is 8.78 Å². The van der Waals surface area contributed by atoms with Gasteiger partial charge in [0.25, 0.3) is 6.43 Å². The average molecular weight is 316 g/mol. The maximum absolute atomic E-state index is 13.0. The number of benzene rings is 1. The molecule has 4 nitrogen and oxygen atoms in total. The Morgan fingerprint density at radius 2 is 1.86 bits per heavy atom. The van der Waals surface area contributed by atoms with Gasteiger partial charge in [0.1, 0.15) is 11.7 Å². The van der Waals surface area contributed by atoms with E-state index in [0.29, 0.717) is 12.4 Å². The van der Waals surface area contributed by atoms with E-state index in [0.717, 1.165) is 12.8 Å².